The third-order valence-electron chi connectivity index (χ3n) is 3.83. The highest BCUT2D eigenvalue weighted by Gasteiger charge is 2.09. The Bertz CT molecular complexity index is 952. The molecule has 0 aliphatic rings. The number of methoxy groups -OCH3 is 1. The number of aromatic nitrogens is 3. The van der Waals surface area contributed by atoms with Gasteiger partial charge in [-0.1, -0.05) is 35.5 Å². The van der Waals surface area contributed by atoms with Gasteiger partial charge in [-0.25, -0.2) is 4.68 Å². The van der Waals surface area contributed by atoms with Crippen LogP contribution in [0.5, 0.6) is 5.75 Å². The minimum Gasteiger partial charge on any atom is -0.496 e. The zero-order valence-electron chi connectivity index (χ0n) is 13.8. The van der Waals surface area contributed by atoms with Gasteiger partial charge in [0, 0.05) is 6.54 Å². The van der Waals surface area contributed by atoms with Gasteiger partial charge in [-0.05, 0) is 30.2 Å². The van der Waals surface area contributed by atoms with Gasteiger partial charge in [0.25, 0.3) is 5.56 Å². The maximum absolute atomic E-state index is 12.3. The van der Waals surface area contributed by atoms with Crippen LogP contribution in [0.2, 0.25) is 0 Å². The van der Waals surface area contributed by atoms with Gasteiger partial charge in [-0.3, -0.25) is 9.59 Å². The third-order valence-corrected chi connectivity index (χ3v) is 3.83. The SMILES string of the molecule is COc1ccccc1CCNC(=O)Cn1nnc2ccccc2c1=O. The Morgan fingerprint density at radius 2 is 1.92 bits per heavy atom. The first kappa shape index (κ1) is 16.6. The number of carbonyl (C=O) groups excluding carboxylic acids is 1. The lowest BCUT2D eigenvalue weighted by molar-refractivity contribution is -0.121. The number of ether oxygens (including phenoxy) is 1. The molecule has 0 saturated carbocycles. The van der Waals surface area contributed by atoms with Crippen LogP contribution >= 0.6 is 0 Å². The van der Waals surface area contributed by atoms with Crippen molar-refractivity contribution in [2.45, 2.75) is 13.0 Å². The standard InChI is InChI=1S/C18H18N4O3/c1-25-16-9-5-2-6-13(16)10-11-19-17(23)12-22-18(24)14-7-3-4-8-15(14)20-21-22/h2-9H,10-12H2,1H3,(H,19,23). The summed E-state index contributed by atoms with van der Waals surface area (Å²) in [5.41, 5.74) is 1.19. The van der Waals surface area contributed by atoms with Gasteiger partial charge < -0.3 is 10.1 Å². The molecule has 2 aromatic carbocycles. The van der Waals surface area contributed by atoms with Crippen LogP contribution in [-0.4, -0.2) is 34.6 Å². The summed E-state index contributed by atoms with van der Waals surface area (Å²) < 4.78 is 6.35. The average Bonchev–Trinajstić information content (AvgIpc) is 2.64. The average molecular weight is 338 g/mol. The van der Waals surface area contributed by atoms with Crippen LogP contribution in [0.4, 0.5) is 0 Å². The summed E-state index contributed by atoms with van der Waals surface area (Å²) in [6.07, 6.45) is 0.633. The lowest BCUT2D eigenvalue weighted by Gasteiger charge is -2.09. The summed E-state index contributed by atoms with van der Waals surface area (Å²) in [6, 6.07) is 14.6. The second-order valence-electron chi connectivity index (χ2n) is 5.48. The van der Waals surface area contributed by atoms with E-state index in [1.165, 1.54) is 0 Å². The lowest BCUT2D eigenvalue weighted by atomic mass is 10.1. The van der Waals surface area contributed by atoms with E-state index < -0.39 is 0 Å². The number of amides is 1. The molecule has 1 heterocycles. The number of fused-ring (bicyclic) bond motifs is 1. The van der Waals surface area contributed by atoms with Crippen LogP contribution in [0.15, 0.2) is 53.3 Å². The van der Waals surface area contributed by atoms with Crippen molar-refractivity contribution in [2.75, 3.05) is 13.7 Å². The van der Waals surface area contributed by atoms with Crippen molar-refractivity contribution in [3.8, 4) is 5.75 Å². The quantitative estimate of drug-likeness (QED) is 0.729. The highest BCUT2D eigenvalue weighted by atomic mass is 16.5. The molecular weight excluding hydrogens is 320 g/mol. The molecule has 3 aromatic rings. The number of nitrogens with one attached hydrogen (secondary N) is 1. The molecule has 3 rings (SSSR count). The minimum atomic E-state index is -0.328. The molecule has 1 aromatic heterocycles. The fraction of sp³-hybridized carbons (Fsp3) is 0.222. The van der Waals surface area contributed by atoms with Crippen molar-refractivity contribution in [1.82, 2.24) is 20.3 Å². The van der Waals surface area contributed by atoms with Crippen molar-refractivity contribution >= 4 is 16.8 Å². The van der Waals surface area contributed by atoms with Crippen molar-refractivity contribution in [3.05, 3.63) is 64.4 Å². The molecule has 0 aliphatic carbocycles. The van der Waals surface area contributed by atoms with Crippen molar-refractivity contribution in [3.63, 3.8) is 0 Å². The maximum Gasteiger partial charge on any atom is 0.278 e. The summed E-state index contributed by atoms with van der Waals surface area (Å²) in [5, 5.41) is 11.0. The summed E-state index contributed by atoms with van der Waals surface area (Å²) in [5.74, 6) is 0.495. The van der Waals surface area contributed by atoms with Gasteiger partial charge in [-0.2, -0.15) is 0 Å². The summed E-state index contributed by atoms with van der Waals surface area (Å²) in [7, 11) is 1.61. The Labute approximate surface area is 144 Å². The van der Waals surface area contributed by atoms with Crippen LogP contribution in [-0.2, 0) is 17.8 Å². The number of rotatable bonds is 6. The van der Waals surface area contributed by atoms with E-state index in [0.29, 0.717) is 23.9 Å². The highest BCUT2D eigenvalue weighted by molar-refractivity contribution is 5.78. The Balaban J connectivity index is 1.61. The lowest BCUT2D eigenvalue weighted by Crippen LogP contribution is -2.35. The molecule has 0 fully saturated rings. The second kappa shape index (κ2) is 7.57. The Kier molecular flexibility index (Phi) is 5.03. The molecule has 0 atom stereocenters. The molecule has 0 spiro atoms. The van der Waals surface area contributed by atoms with Crippen LogP contribution in [0.1, 0.15) is 5.56 Å². The first-order valence-corrected chi connectivity index (χ1v) is 7.90. The molecule has 0 bridgehead atoms. The second-order valence-corrected chi connectivity index (χ2v) is 5.48. The summed E-state index contributed by atoms with van der Waals surface area (Å²) in [4.78, 5) is 24.4. The van der Waals surface area contributed by atoms with E-state index in [1.54, 1.807) is 31.4 Å². The van der Waals surface area contributed by atoms with Gasteiger partial charge in [0.2, 0.25) is 5.91 Å². The van der Waals surface area contributed by atoms with Crippen molar-refractivity contribution in [2.24, 2.45) is 0 Å². The molecule has 0 radical (unpaired) electrons. The minimum absolute atomic E-state index is 0.164. The van der Waals surface area contributed by atoms with Gasteiger partial charge in [0.1, 0.15) is 17.8 Å². The normalized spacial score (nSPS) is 10.6. The van der Waals surface area contributed by atoms with E-state index in [9.17, 15) is 9.59 Å². The van der Waals surface area contributed by atoms with Gasteiger partial charge in [0.15, 0.2) is 0 Å². The number of carbonyl (C=O) groups is 1. The molecule has 0 saturated heterocycles. The van der Waals surface area contributed by atoms with Gasteiger partial charge in [0.05, 0.1) is 12.5 Å². The molecule has 128 valence electrons. The number of hydrogen-bond acceptors (Lipinski definition) is 5. The van der Waals surface area contributed by atoms with Gasteiger partial charge in [-0.15, -0.1) is 5.10 Å². The fourth-order valence-electron chi connectivity index (χ4n) is 2.56. The largest absolute Gasteiger partial charge is 0.496 e. The Morgan fingerprint density at radius 3 is 2.76 bits per heavy atom. The van der Waals surface area contributed by atoms with Crippen LogP contribution in [0.25, 0.3) is 10.9 Å². The highest BCUT2D eigenvalue weighted by Crippen LogP contribution is 2.17. The number of nitrogens with zero attached hydrogens (tertiary/aromatic N) is 3. The number of para-hydroxylation sites is 1. The zero-order valence-corrected chi connectivity index (χ0v) is 13.8. The van der Waals surface area contributed by atoms with E-state index in [4.69, 9.17) is 4.74 Å². The predicted octanol–water partition coefficient (Wildman–Crippen LogP) is 1.16. The van der Waals surface area contributed by atoms with Crippen molar-refractivity contribution in [1.29, 1.82) is 0 Å². The molecule has 1 amide bonds. The molecule has 0 aliphatic heterocycles. The van der Waals surface area contributed by atoms with Crippen LogP contribution < -0.4 is 15.6 Å². The third kappa shape index (κ3) is 3.82. The molecular formula is C18H18N4O3. The number of hydrogen-bond donors (Lipinski definition) is 1. The monoisotopic (exact) mass is 338 g/mol. The molecule has 0 unspecified atom stereocenters. The zero-order chi connectivity index (χ0) is 17.6. The molecule has 7 heteroatoms. The van der Waals surface area contributed by atoms with E-state index in [2.05, 4.69) is 15.6 Å². The first-order valence-electron chi connectivity index (χ1n) is 7.90. The topological polar surface area (TPSA) is 86.1 Å². The van der Waals surface area contributed by atoms with Crippen LogP contribution in [0.3, 0.4) is 0 Å². The summed E-state index contributed by atoms with van der Waals surface area (Å²) >= 11 is 0. The van der Waals surface area contributed by atoms with Crippen molar-refractivity contribution < 1.29 is 9.53 Å². The Hall–Kier alpha value is -3.22. The molecule has 25 heavy (non-hydrogen) atoms. The predicted molar refractivity (Wildman–Crippen MR) is 93.5 cm³/mol. The fourth-order valence-corrected chi connectivity index (χ4v) is 2.56. The Morgan fingerprint density at radius 1 is 1.16 bits per heavy atom. The van der Waals surface area contributed by atoms with Crippen LogP contribution in [0, 0.1) is 0 Å². The number of benzene rings is 2. The molecule has 7 nitrogen and oxygen atoms in total. The summed E-state index contributed by atoms with van der Waals surface area (Å²) in [6.45, 7) is 0.275. The smallest absolute Gasteiger partial charge is 0.278 e. The van der Waals surface area contributed by atoms with E-state index in [0.717, 1.165) is 16.0 Å². The van der Waals surface area contributed by atoms with Gasteiger partial charge >= 0.3 is 0 Å². The molecule has 1 N–H and O–H groups in total. The van der Waals surface area contributed by atoms with E-state index >= 15 is 0 Å². The van der Waals surface area contributed by atoms with E-state index in [-0.39, 0.29) is 18.0 Å². The first-order chi connectivity index (χ1) is 12.2. The van der Waals surface area contributed by atoms with E-state index in [1.807, 2.05) is 24.3 Å². The maximum atomic E-state index is 12.3.